The highest BCUT2D eigenvalue weighted by molar-refractivity contribution is 5.21. The molecule has 0 aromatic heterocycles. The molecule has 12 heavy (non-hydrogen) atoms. The fourth-order valence-electron chi connectivity index (χ4n) is 2.06. The van der Waals surface area contributed by atoms with E-state index in [-0.39, 0.29) is 0 Å². The van der Waals surface area contributed by atoms with Gasteiger partial charge in [-0.1, -0.05) is 32.9 Å². The quantitative estimate of drug-likeness (QED) is 0.669. The molecule has 1 atom stereocenters. The Labute approximate surface area is 75.3 Å². The first kappa shape index (κ1) is 9.37. The molecule has 1 heteroatoms. The Kier molecular flexibility index (Phi) is 2.61. The van der Waals surface area contributed by atoms with Crippen LogP contribution in [0.25, 0.3) is 0 Å². The smallest absolute Gasteiger partial charge is 0.00889 e. The van der Waals surface area contributed by atoms with E-state index in [1.165, 1.54) is 6.42 Å². The van der Waals surface area contributed by atoms with Crippen LogP contribution in [-0.2, 0) is 0 Å². The first-order chi connectivity index (χ1) is 5.52. The molecule has 1 aliphatic rings. The maximum Gasteiger partial charge on any atom is 0.00889 e. The molecule has 1 rings (SSSR count). The lowest BCUT2D eigenvalue weighted by Gasteiger charge is -2.30. The average molecular weight is 165 g/mol. The lowest BCUT2D eigenvalue weighted by molar-refractivity contribution is 0.326. The van der Waals surface area contributed by atoms with Crippen molar-refractivity contribution in [3.63, 3.8) is 0 Å². The SMILES string of the molecule is CC(C)CC1(C)C=CC=C(N)C1. The van der Waals surface area contributed by atoms with Crippen molar-refractivity contribution in [1.82, 2.24) is 0 Å². The Bertz CT molecular complexity index is 213. The van der Waals surface area contributed by atoms with Crippen molar-refractivity contribution in [2.75, 3.05) is 0 Å². The number of rotatable bonds is 2. The van der Waals surface area contributed by atoms with Gasteiger partial charge in [0.25, 0.3) is 0 Å². The van der Waals surface area contributed by atoms with Crippen LogP contribution in [0.1, 0.15) is 33.6 Å². The summed E-state index contributed by atoms with van der Waals surface area (Å²) in [5, 5.41) is 0. The Hall–Kier alpha value is -0.720. The highest BCUT2D eigenvalue weighted by Crippen LogP contribution is 2.35. The van der Waals surface area contributed by atoms with Crippen LogP contribution >= 0.6 is 0 Å². The molecule has 0 saturated heterocycles. The summed E-state index contributed by atoms with van der Waals surface area (Å²) in [6.07, 6.45) is 8.60. The zero-order chi connectivity index (χ0) is 9.19. The zero-order valence-corrected chi connectivity index (χ0v) is 8.30. The van der Waals surface area contributed by atoms with Gasteiger partial charge >= 0.3 is 0 Å². The lowest BCUT2D eigenvalue weighted by atomic mass is 9.76. The second-order valence-corrected chi connectivity index (χ2v) is 4.53. The van der Waals surface area contributed by atoms with Gasteiger partial charge in [0.15, 0.2) is 0 Å². The molecule has 0 spiro atoms. The summed E-state index contributed by atoms with van der Waals surface area (Å²) in [5.41, 5.74) is 7.11. The van der Waals surface area contributed by atoms with E-state index in [9.17, 15) is 0 Å². The maximum absolute atomic E-state index is 5.80. The zero-order valence-electron chi connectivity index (χ0n) is 8.30. The van der Waals surface area contributed by atoms with Gasteiger partial charge in [0.05, 0.1) is 0 Å². The fraction of sp³-hybridized carbons (Fsp3) is 0.636. The van der Waals surface area contributed by atoms with Gasteiger partial charge < -0.3 is 5.73 Å². The highest BCUT2D eigenvalue weighted by Gasteiger charge is 2.24. The Morgan fingerprint density at radius 2 is 2.25 bits per heavy atom. The summed E-state index contributed by atoms with van der Waals surface area (Å²) < 4.78 is 0. The third kappa shape index (κ3) is 2.40. The van der Waals surface area contributed by atoms with Gasteiger partial charge in [-0.2, -0.15) is 0 Å². The van der Waals surface area contributed by atoms with E-state index in [4.69, 9.17) is 5.73 Å². The molecule has 68 valence electrons. The predicted molar refractivity (Wildman–Crippen MR) is 53.6 cm³/mol. The van der Waals surface area contributed by atoms with Gasteiger partial charge in [0.2, 0.25) is 0 Å². The van der Waals surface area contributed by atoms with Crippen molar-refractivity contribution in [3.05, 3.63) is 23.9 Å². The van der Waals surface area contributed by atoms with E-state index >= 15 is 0 Å². The summed E-state index contributed by atoms with van der Waals surface area (Å²) in [4.78, 5) is 0. The van der Waals surface area contributed by atoms with Crippen molar-refractivity contribution < 1.29 is 0 Å². The largest absolute Gasteiger partial charge is 0.402 e. The van der Waals surface area contributed by atoms with Crippen LogP contribution in [0.4, 0.5) is 0 Å². The number of nitrogens with two attached hydrogens (primary N) is 1. The topological polar surface area (TPSA) is 26.0 Å². The maximum atomic E-state index is 5.80. The normalized spacial score (nSPS) is 29.2. The first-order valence-corrected chi connectivity index (χ1v) is 4.66. The summed E-state index contributed by atoms with van der Waals surface area (Å²) in [6, 6.07) is 0. The predicted octanol–water partition coefficient (Wildman–Crippen LogP) is 2.84. The molecule has 0 aliphatic heterocycles. The van der Waals surface area contributed by atoms with Gasteiger partial charge in [0, 0.05) is 5.70 Å². The van der Waals surface area contributed by atoms with Gasteiger partial charge in [-0.25, -0.2) is 0 Å². The van der Waals surface area contributed by atoms with Crippen LogP contribution in [0.2, 0.25) is 0 Å². The van der Waals surface area contributed by atoms with Crippen molar-refractivity contribution in [2.24, 2.45) is 17.1 Å². The van der Waals surface area contributed by atoms with Crippen molar-refractivity contribution in [3.8, 4) is 0 Å². The molecule has 1 nitrogen and oxygen atoms in total. The summed E-state index contributed by atoms with van der Waals surface area (Å²) >= 11 is 0. The highest BCUT2D eigenvalue weighted by atomic mass is 14.6. The molecule has 0 saturated carbocycles. The molecular formula is C11H19N. The van der Waals surface area contributed by atoms with Crippen LogP contribution in [0.15, 0.2) is 23.9 Å². The molecule has 0 aromatic rings. The van der Waals surface area contributed by atoms with Crippen LogP contribution in [0, 0.1) is 11.3 Å². The van der Waals surface area contributed by atoms with Crippen LogP contribution < -0.4 is 5.73 Å². The van der Waals surface area contributed by atoms with Gasteiger partial charge in [-0.15, -0.1) is 0 Å². The molecule has 0 bridgehead atoms. The Balaban J connectivity index is 2.63. The van der Waals surface area contributed by atoms with Crippen LogP contribution in [0.5, 0.6) is 0 Å². The summed E-state index contributed by atoms with van der Waals surface area (Å²) in [5.74, 6) is 0.741. The van der Waals surface area contributed by atoms with E-state index in [0.717, 1.165) is 18.0 Å². The Morgan fingerprint density at radius 1 is 1.58 bits per heavy atom. The van der Waals surface area contributed by atoms with Crippen LogP contribution in [0.3, 0.4) is 0 Å². The molecule has 0 amide bonds. The van der Waals surface area contributed by atoms with E-state index in [1.54, 1.807) is 0 Å². The monoisotopic (exact) mass is 165 g/mol. The minimum Gasteiger partial charge on any atom is -0.402 e. The van der Waals surface area contributed by atoms with E-state index in [0.29, 0.717) is 5.41 Å². The Morgan fingerprint density at radius 3 is 2.75 bits per heavy atom. The van der Waals surface area contributed by atoms with Crippen molar-refractivity contribution in [1.29, 1.82) is 0 Å². The number of hydrogen-bond acceptors (Lipinski definition) is 1. The van der Waals surface area contributed by atoms with Crippen molar-refractivity contribution >= 4 is 0 Å². The molecule has 0 radical (unpaired) electrons. The van der Waals surface area contributed by atoms with Gasteiger partial charge in [-0.05, 0) is 30.3 Å². The molecule has 2 N–H and O–H groups in total. The number of allylic oxidation sites excluding steroid dienone is 4. The molecule has 1 aliphatic carbocycles. The molecule has 1 unspecified atom stereocenters. The van der Waals surface area contributed by atoms with Gasteiger partial charge in [0.1, 0.15) is 0 Å². The second-order valence-electron chi connectivity index (χ2n) is 4.53. The average Bonchev–Trinajstić information content (AvgIpc) is 1.82. The van der Waals surface area contributed by atoms with E-state index in [1.807, 2.05) is 6.08 Å². The molecule has 0 aromatic carbocycles. The van der Waals surface area contributed by atoms with Gasteiger partial charge in [-0.3, -0.25) is 0 Å². The minimum atomic E-state index is 0.299. The third-order valence-corrected chi connectivity index (χ3v) is 2.29. The molecule has 0 fully saturated rings. The minimum absolute atomic E-state index is 0.299. The second kappa shape index (κ2) is 3.34. The van der Waals surface area contributed by atoms with Crippen LogP contribution in [-0.4, -0.2) is 0 Å². The van der Waals surface area contributed by atoms with Crippen molar-refractivity contribution in [2.45, 2.75) is 33.6 Å². The fourth-order valence-corrected chi connectivity index (χ4v) is 2.06. The first-order valence-electron chi connectivity index (χ1n) is 4.66. The van der Waals surface area contributed by atoms with E-state index in [2.05, 4.69) is 32.9 Å². The molecular weight excluding hydrogens is 146 g/mol. The summed E-state index contributed by atoms with van der Waals surface area (Å²) in [6.45, 7) is 6.80. The molecule has 0 heterocycles. The summed E-state index contributed by atoms with van der Waals surface area (Å²) in [7, 11) is 0. The number of hydrogen-bond donors (Lipinski definition) is 1. The van der Waals surface area contributed by atoms with E-state index < -0.39 is 0 Å². The standard InChI is InChI=1S/C11H19N/c1-9(2)7-11(3)6-4-5-10(12)8-11/h4-6,9H,7-8,12H2,1-3H3. The lowest BCUT2D eigenvalue weighted by Crippen LogP contribution is -2.21. The third-order valence-electron chi connectivity index (χ3n) is 2.29.